The molecule has 0 saturated heterocycles. The number of anilines is 1. The summed E-state index contributed by atoms with van der Waals surface area (Å²) in [5.74, 6) is 0.978. The molecule has 2 N–H and O–H groups in total. The first-order valence-corrected chi connectivity index (χ1v) is 5.16. The van der Waals surface area contributed by atoms with Crippen LogP contribution >= 0.6 is 0 Å². The number of benzene rings is 1. The number of nitrogens with zero attached hydrogens (tertiary/aromatic N) is 1. The van der Waals surface area contributed by atoms with Crippen molar-refractivity contribution in [1.82, 2.24) is 4.90 Å². The van der Waals surface area contributed by atoms with Crippen molar-refractivity contribution in [1.29, 1.82) is 0 Å². The van der Waals surface area contributed by atoms with E-state index in [-0.39, 0.29) is 12.6 Å². The minimum absolute atomic E-state index is 0.158. The Morgan fingerprint density at radius 3 is 2.65 bits per heavy atom. The van der Waals surface area contributed by atoms with Gasteiger partial charge in [0.2, 0.25) is 6.79 Å². The summed E-state index contributed by atoms with van der Waals surface area (Å²) in [6.07, 6.45) is 3.14. The summed E-state index contributed by atoms with van der Waals surface area (Å²) < 4.78 is 10.4. The smallest absolute Gasteiger partial charge is 0.231 e. The van der Waals surface area contributed by atoms with Crippen molar-refractivity contribution in [2.45, 2.75) is 0 Å². The van der Waals surface area contributed by atoms with Crippen LogP contribution in [0.1, 0.15) is 10.4 Å². The Balaban J connectivity index is 2.30. The number of rotatable bonds is 3. The number of carbonyl (C=O) groups is 1. The van der Waals surface area contributed by atoms with Crippen molar-refractivity contribution in [3.63, 3.8) is 0 Å². The molecule has 90 valence electrons. The van der Waals surface area contributed by atoms with Crippen LogP contribution in [-0.2, 0) is 0 Å². The molecule has 0 atom stereocenters. The fourth-order valence-corrected chi connectivity index (χ4v) is 1.48. The lowest BCUT2D eigenvalue weighted by Crippen LogP contribution is -2.05. The summed E-state index contributed by atoms with van der Waals surface area (Å²) in [5.41, 5.74) is 6.61. The van der Waals surface area contributed by atoms with Gasteiger partial charge in [0.15, 0.2) is 17.3 Å². The molecule has 0 unspecified atom stereocenters. The fourth-order valence-electron chi connectivity index (χ4n) is 1.48. The molecule has 5 heteroatoms. The maximum Gasteiger partial charge on any atom is 0.231 e. The van der Waals surface area contributed by atoms with E-state index in [2.05, 4.69) is 0 Å². The van der Waals surface area contributed by atoms with Gasteiger partial charge in [-0.1, -0.05) is 0 Å². The summed E-state index contributed by atoms with van der Waals surface area (Å²) >= 11 is 0. The minimum atomic E-state index is -0.158. The van der Waals surface area contributed by atoms with E-state index in [0.717, 1.165) is 0 Å². The van der Waals surface area contributed by atoms with Crippen LogP contribution in [-0.4, -0.2) is 31.6 Å². The molecule has 0 aliphatic carbocycles. The molecule has 1 aromatic rings. The predicted octanol–water partition coefficient (Wildman–Crippen LogP) is 1.26. The standard InChI is InChI=1S/C12H14N2O3/c1-14(2)4-3-10(15)8-5-11-12(6-9(8)13)17-7-16-11/h3-6H,7,13H2,1-2H3/b4-3+. The van der Waals surface area contributed by atoms with Gasteiger partial charge in [-0.25, -0.2) is 0 Å². The summed E-state index contributed by atoms with van der Waals surface area (Å²) in [4.78, 5) is 13.7. The van der Waals surface area contributed by atoms with Crippen molar-refractivity contribution < 1.29 is 14.3 Å². The number of ketones is 1. The predicted molar refractivity (Wildman–Crippen MR) is 64.1 cm³/mol. The van der Waals surface area contributed by atoms with Gasteiger partial charge in [0.1, 0.15) is 0 Å². The van der Waals surface area contributed by atoms with Crippen molar-refractivity contribution in [2.24, 2.45) is 0 Å². The largest absolute Gasteiger partial charge is 0.454 e. The zero-order valence-corrected chi connectivity index (χ0v) is 9.77. The lowest BCUT2D eigenvalue weighted by atomic mass is 10.1. The molecule has 0 amide bonds. The second-order valence-electron chi connectivity index (χ2n) is 3.94. The number of fused-ring (bicyclic) bond motifs is 1. The van der Waals surface area contributed by atoms with Crippen LogP contribution in [0.3, 0.4) is 0 Å². The summed E-state index contributed by atoms with van der Waals surface area (Å²) in [7, 11) is 3.68. The van der Waals surface area contributed by atoms with Crippen LogP contribution in [0, 0.1) is 0 Å². The van der Waals surface area contributed by atoms with Gasteiger partial charge in [-0.2, -0.15) is 0 Å². The number of allylic oxidation sites excluding steroid dienone is 1. The number of ether oxygens (including phenoxy) is 2. The second-order valence-corrected chi connectivity index (χ2v) is 3.94. The van der Waals surface area contributed by atoms with E-state index in [1.165, 1.54) is 6.08 Å². The Kier molecular flexibility index (Phi) is 2.91. The second kappa shape index (κ2) is 4.37. The quantitative estimate of drug-likeness (QED) is 0.484. The first-order valence-electron chi connectivity index (χ1n) is 5.16. The van der Waals surface area contributed by atoms with Gasteiger partial charge < -0.3 is 20.1 Å². The highest BCUT2D eigenvalue weighted by molar-refractivity contribution is 6.08. The number of carbonyl (C=O) groups excluding carboxylic acids is 1. The van der Waals surface area contributed by atoms with E-state index in [9.17, 15) is 4.79 Å². The van der Waals surface area contributed by atoms with Gasteiger partial charge >= 0.3 is 0 Å². The molecular formula is C12H14N2O3. The molecule has 0 saturated carbocycles. The zero-order valence-electron chi connectivity index (χ0n) is 9.77. The molecule has 1 aliphatic heterocycles. The van der Waals surface area contributed by atoms with E-state index in [1.807, 2.05) is 14.1 Å². The number of hydrogen-bond acceptors (Lipinski definition) is 5. The van der Waals surface area contributed by atoms with Crippen molar-refractivity contribution >= 4 is 11.5 Å². The van der Waals surface area contributed by atoms with Gasteiger partial charge in [-0.05, 0) is 6.07 Å². The van der Waals surface area contributed by atoms with E-state index in [4.69, 9.17) is 15.2 Å². The maximum absolute atomic E-state index is 11.9. The van der Waals surface area contributed by atoms with Crippen molar-refractivity contribution in [2.75, 3.05) is 26.6 Å². The molecular weight excluding hydrogens is 220 g/mol. The van der Waals surface area contributed by atoms with E-state index >= 15 is 0 Å². The molecule has 1 aliphatic rings. The molecule has 1 heterocycles. The molecule has 1 aromatic carbocycles. The summed E-state index contributed by atoms with van der Waals surface area (Å²) in [6, 6.07) is 3.22. The Morgan fingerprint density at radius 2 is 2.00 bits per heavy atom. The SMILES string of the molecule is CN(C)/C=C/C(=O)c1cc2c(cc1N)OCO2. The third-order valence-corrected chi connectivity index (χ3v) is 2.33. The fraction of sp³-hybridized carbons (Fsp3) is 0.250. The van der Waals surface area contributed by atoms with Gasteiger partial charge in [0.25, 0.3) is 0 Å². The molecule has 0 radical (unpaired) electrons. The Hall–Kier alpha value is -2.17. The van der Waals surface area contributed by atoms with Crippen molar-refractivity contribution in [3.05, 3.63) is 30.0 Å². The Morgan fingerprint density at radius 1 is 1.35 bits per heavy atom. The molecule has 0 aromatic heterocycles. The van der Waals surface area contributed by atoms with Gasteiger partial charge in [0.05, 0.1) is 0 Å². The number of nitrogens with two attached hydrogens (primary N) is 1. The lowest BCUT2D eigenvalue weighted by Gasteiger charge is -2.06. The highest BCUT2D eigenvalue weighted by atomic mass is 16.7. The van der Waals surface area contributed by atoms with E-state index in [1.54, 1.807) is 23.2 Å². The highest BCUT2D eigenvalue weighted by Crippen LogP contribution is 2.36. The van der Waals surface area contributed by atoms with Crippen LogP contribution in [0.25, 0.3) is 0 Å². The molecule has 0 spiro atoms. The van der Waals surface area contributed by atoms with Crippen LogP contribution in [0.15, 0.2) is 24.4 Å². The zero-order chi connectivity index (χ0) is 12.4. The molecule has 0 fully saturated rings. The average Bonchev–Trinajstić information content (AvgIpc) is 2.71. The monoisotopic (exact) mass is 234 g/mol. The normalized spacial score (nSPS) is 13.1. The lowest BCUT2D eigenvalue weighted by molar-refractivity contribution is 0.104. The summed E-state index contributed by atoms with van der Waals surface area (Å²) in [6.45, 7) is 0.167. The number of nitrogen functional groups attached to an aromatic ring is 1. The van der Waals surface area contributed by atoms with Crippen LogP contribution in [0.2, 0.25) is 0 Å². The molecule has 17 heavy (non-hydrogen) atoms. The third kappa shape index (κ3) is 2.33. The van der Waals surface area contributed by atoms with Gasteiger partial charge in [-0.15, -0.1) is 0 Å². The maximum atomic E-state index is 11.9. The number of hydrogen-bond donors (Lipinski definition) is 1. The van der Waals surface area contributed by atoms with Crippen LogP contribution in [0.5, 0.6) is 11.5 Å². The minimum Gasteiger partial charge on any atom is -0.454 e. The molecule has 2 rings (SSSR count). The third-order valence-electron chi connectivity index (χ3n) is 2.33. The van der Waals surface area contributed by atoms with Gasteiger partial charge in [0, 0.05) is 43.7 Å². The van der Waals surface area contributed by atoms with Crippen LogP contribution in [0.4, 0.5) is 5.69 Å². The van der Waals surface area contributed by atoms with Crippen LogP contribution < -0.4 is 15.2 Å². The van der Waals surface area contributed by atoms with Crippen molar-refractivity contribution in [3.8, 4) is 11.5 Å². The first-order chi connectivity index (χ1) is 8.08. The topological polar surface area (TPSA) is 64.8 Å². The first kappa shape index (κ1) is 11.3. The van der Waals surface area contributed by atoms with E-state index < -0.39 is 0 Å². The molecule has 5 nitrogen and oxygen atoms in total. The average molecular weight is 234 g/mol. The summed E-state index contributed by atoms with van der Waals surface area (Å²) in [5, 5.41) is 0. The van der Waals surface area contributed by atoms with Gasteiger partial charge in [-0.3, -0.25) is 4.79 Å². The van der Waals surface area contributed by atoms with E-state index in [0.29, 0.717) is 22.7 Å². The Labute approximate surface area is 99.4 Å². The highest BCUT2D eigenvalue weighted by Gasteiger charge is 2.18. The Bertz CT molecular complexity index is 481. The molecule has 0 bridgehead atoms.